The molecule has 0 saturated heterocycles. The van der Waals surface area contributed by atoms with E-state index in [9.17, 15) is 9.59 Å². The predicted molar refractivity (Wildman–Crippen MR) is 111 cm³/mol. The molecule has 4 N–H and O–H groups in total. The van der Waals surface area contributed by atoms with Crippen LogP contribution in [0.3, 0.4) is 0 Å². The van der Waals surface area contributed by atoms with Crippen molar-refractivity contribution >= 4 is 29.1 Å². The van der Waals surface area contributed by atoms with Gasteiger partial charge in [-0.05, 0) is 37.5 Å². The molecule has 2 aromatic rings. The van der Waals surface area contributed by atoms with Crippen LogP contribution in [0.25, 0.3) is 0 Å². The zero-order valence-corrected chi connectivity index (χ0v) is 16.9. The van der Waals surface area contributed by atoms with Crippen molar-refractivity contribution in [2.24, 2.45) is 5.73 Å². The van der Waals surface area contributed by atoms with E-state index in [-0.39, 0.29) is 11.6 Å². The van der Waals surface area contributed by atoms with Gasteiger partial charge < -0.3 is 21.3 Å². The van der Waals surface area contributed by atoms with E-state index in [1.807, 2.05) is 50.1 Å². The summed E-state index contributed by atoms with van der Waals surface area (Å²) in [5, 5.41) is 5.95. The Kier molecular flexibility index (Phi) is 7.31. The zero-order chi connectivity index (χ0) is 20.7. The molecule has 0 spiro atoms. The number of carbonyl (C=O) groups excluding carboxylic acids is 2. The summed E-state index contributed by atoms with van der Waals surface area (Å²) in [7, 11) is 1.93. The summed E-state index contributed by atoms with van der Waals surface area (Å²) in [6.45, 7) is 6.80. The number of nitrogens with one attached hydrogen (secondary N) is 2. The lowest BCUT2D eigenvalue weighted by molar-refractivity contribution is -0.118. The fraction of sp³-hybridized carbons (Fsp3) is 0.400. The molecule has 0 fully saturated rings. The molecule has 0 bridgehead atoms. The second-order valence-electron chi connectivity index (χ2n) is 6.48. The van der Waals surface area contributed by atoms with Crippen LogP contribution in [0, 0.1) is 0 Å². The lowest BCUT2D eigenvalue weighted by Crippen LogP contribution is -2.24. The summed E-state index contributed by atoms with van der Waals surface area (Å²) in [4.78, 5) is 34.0. The summed E-state index contributed by atoms with van der Waals surface area (Å²) >= 11 is 0. The van der Waals surface area contributed by atoms with Crippen LogP contribution in [0.2, 0.25) is 0 Å². The standard InChI is InChI=1S/C20H28N6O2/c1-5-16-20(26(4)6-2)25-19(17(24-16)18(21)28)23-15-9-7-8-14(12-15)10-11-22-13(3)27/h7-9,12H,5-6,10-11H2,1-4H3,(H2,21,28)(H,22,27)(H,23,25). The second kappa shape index (κ2) is 9.68. The van der Waals surface area contributed by atoms with Crippen molar-refractivity contribution in [1.82, 2.24) is 15.3 Å². The van der Waals surface area contributed by atoms with Crippen LogP contribution in [-0.4, -0.2) is 41.9 Å². The van der Waals surface area contributed by atoms with Gasteiger partial charge in [0.15, 0.2) is 17.3 Å². The third kappa shape index (κ3) is 5.42. The second-order valence-corrected chi connectivity index (χ2v) is 6.48. The maximum absolute atomic E-state index is 11.9. The Morgan fingerprint density at radius 3 is 2.57 bits per heavy atom. The van der Waals surface area contributed by atoms with Crippen LogP contribution in [0.15, 0.2) is 24.3 Å². The first kappa shape index (κ1) is 21.1. The summed E-state index contributed by atoms with van der Waals surface area (Å²) in [5.41, 5.74) is 8.20. The van der Waals surface area contributed by atoms with E-state index >= 15 is 0 Å². The number of hydrogen-bond donors (Lipinski definition) is 3. The minimum Gasteiger partial charge on any atom is -0.364 e. The molecule has 2 amide bonds. The highest BCUT2D eigenvalue weighted by atomic mass is 16.1. The first-order valence-electron chi connectivity index (χ1n) is 9.37. The molecule has 0 aliphatic carbocycles. The van der Waals surface area contributed by atoms with E-state index in [4.69, 9.17) is 5.73 Å². The number of carbonyl (C=O) groups is 2. The molecule has 1 aromatic heterocycles. The molecule has 0 radical (unpaired) electrons. The maximum atomic E-state index is 11.9. The van der Waals surface area contributed by atoms with Gasteiger partial charge in [0.2, 0.25) is 5.91 Å². The summed E-state index contributed by atoms with van der Waals surface area (Å²) in [5.74, 6) is 0.370. The minimum absolute atomic E-state index is 0.0563. The van der Waals surface area contributed by atoms with Gasteiger partial charge in [-0.15, -0.1) is 0 Å². The predicted octanol–water partition coefficient (Wildman–Crippen LogP) is 2.02. The van der Waals surface area contributed by atoms with Gasteiger partial charge in [0.25, 0.3) is 5.91 Å². The lowest BCUT2D eigenvalue weighted by atomic mass is 10.1. The molecule has 8 nitrogen and oxygen atoms in total. The van der Waals surface area contributed by atoms with Gasteiger partial charge >= 0.3 is 0 Å². The largest absolute Gasteiger partial charge is 0.364 e. The van der Waals surface area contributed by atoms with Crippen molar-refractivity contribution in [3.63, 3.8) is 0 Å². The summed E-state index contributed by atoms with van der Waals surface area (Å²) in [6.07, 6.45) is 1.34. The van der Waals surface area contributed by atoms with Gasteiger partial charge in [-0.1, -0.05) is 19.1 Å². The molecule has 28 heavy (non-hydrogen) atoms. The number of aromatic nitrogens is 2. The Hall–Kier alpha value is -3.16. The number of benzene rings is 1. The highest BCUT2D eigenvalue weighted by Crippen LogP contribution is 2.24. The van der Waals surface area contributed by atoms with Gasteiger partial charge in [0, 0.05) is 32.7 Å². The van der Waals surface area contributed by atoms with Crippen molar-refractivity contribution in [2.45, 2.75) is 33.6 Å². The molecule has 0 unspecified atom stereocenters. The summed E-state index contributed by atoms with van der Waals surface area (Å²) < 4.78 is 0. The quantitative estimate of drug-likeness (QED) is 0.609. The molecule has 0 aliphatic heterocycles. The highest BCUT2D eigenvalue weighted by Gasteiger charge is 2.18. The Morgan fingerprint density at radius 2 is 1.96 bits per heavy atom. The number of primary amides is 1. The number of amides is 2. The third-order valence-corrected chi connectivity index (χ3v) is 4.33. The molecule has 8 heteroatoms. The average molecular weight is 384 g/mol. The topological polar surface area (TPSA) is 113 Å². The molecule has 1 aromatic carbocycles. The number of anilines is 3. The van der Waals surface area contributed by atoms with Crippen molar-refractivity contribution < 1.29 is 9.59 Å². The Bertz CT molecular complexity index is 853. The van der Waals surface area contributed by atoms with Crippen molar-refractivity contribution in [3.8, 4) is 0 Å². The van der Waals surface area contributed by atoms with E-state index in [1.165, 1.54) is 6.92 Å². The smallest absolute Gasteiger partial charge is 0.271 e. The van der Waals surface area contributed by atoms with E-state index in [0.29, 0.717) is 25.2 Å². The first-order valence-corrected chi connectivity index (χ1v) is 9.37. The first-order chi connectivity index (χ1) is 13.3. The normalized spacial score (nSPS) is 10.4. The van der Waals surface area contributed by atoms with Crippen LogP contribution in [0.1, 0.15) is 42.5 Å². The van der Waals surface area contributed by atoms with Crippen LogP contribution in [0.4, 0.5) is 17.3 Å². The van der Waals surface area contributed by atoms with Crippen molar-refractivity contribution in [3.05, 3.63) is 41.2 Å². The number of aryl methyl sites for hydroxylation is 1. The van der Waals surface area contributed by atoms with Crippen molar-refractivity contribution in [1.29, 1.82) is 0 Å². The van der Waals surface area contributed by atoms with Gasteiger partial charge in [-0.25, -0.2) is 9.97 Å². The van der Waals surface area contributed by atoms with E-state index in [0.717, 1.165) is 29.3 Å². The average Bonchev–Trinajstić information content (AvgIpc) is 2.66. The molecular formula is C20H28N6O2. The Morgan fingerprint density at radius 1 is 1.21 bits per heavy atom. The van der Waals surface area contributed by atoms with E-state index < -0.39 is 5.91 Å². The minimum atomic E-state index is -0.628. The third-order valence-electron chi connectivity index (χ3n) is 4.33. The summed E-state index contributed by atoms with van der Waals surface area (Å²) in [6, 6.07) is 7.71. The monoisotopic (exact) mass is 384 g/mol. The van der Waals surface area contributed by atoms with Crippen LogP contribution in [-0.2, 0) is 17.6 Å². The van der Waals surface area contributed by atoms with Crippen LogP contribution < -0.4 is 21.3 Å². The fourth-order valence-corrected chi connectivity index (χ4v) is 2.74. The molecule has 0 saturated carbocycles. The number of hydrogen-bond acceptors (Lipinski definition) is 6. The van der Waals surface area contributed by atoms with Crippen LogP contribution in [0.5, 0.6) is 0 Å². The molecule has 0 atom stereocenters. The number of nitrogens with two attached hydrogens (primary N) is 1. The van der Waals surface area contributed by atoms with Gasteiger partial charge in [-0.3, -0.25) is 9.59 Å². The fourth-order valence-electron chi connectivity index (χ4n) is 2.74. The molecular weight excluding hydrogens is 356 g/mol. The maximum Gasteiger partial charge on any atom is 0.271 e. The molecule has 0 aliphatic rings. The van der Waals surface area contributed by atoms with Crippen molar-refractivity contribution in [2.75, 3.05) is 30.4 Å². The van der Waals surface area contributed by atoms with E-state index in [1.54, 1.807) is 0 Å². The van der Waals surface area contributed by atoms with Gasteiger partial charge in [0.1, 0.15) is 0 Å². The lowest BCUT2D eigenvalue weighted by Gasteiger charge is -2.21. The van der Waals surface area contributed by atoms with E-state index in [2.05, 4.69) is 20.6 Å². The molecule has 150 valence electrons. The Labute approximate surface area is 165 Å². The molecule has 1 heterocycles. The zero-order valence-electron chi connectivity index (χ0n) is 16.9. The van der Waals surface area contributed by atoms with Gasteiger partial charge in [-0.2, -0.15) is 0 Å². The number of nitrogens with zero attached hydrogens (tertiary/aromatic N) is 3. The van der Waals surface area contributed by atoms with Crippen LogP contribution >= 0.6 is 0 Å². The SMILES string of the molecule is CCc1nc(C(N)=O)c(Nc2cccc(CCNC(C)=O)c2)nc1N(C)CC. The highest BCUT2D eigenvalue weighted by molar-refractivity contribution is 5.96. The molecule has 2 rings (SSSR count). The number of rotatable bonds is 9. The van der Waals surface area contributed by atoms with Gasteiger partial charge in [0.05, 0.1) is 5.69 Å². The Balaban J connectivity index is 2.34.